The van der Waals surface area contributed by atoms with E-state index < -0.39 is 10.0 Å². The first-order valence-corrected chi connectivity index (χ1v) is 6.55. The summed E-state index contributed by atoms with van der Waals surface area (Å²) in [5, 5.41) is 4.90. The third-order valence-corrected chi connectivity index (χ3v) is 3.35. The molecule has 88 valence electrons. The van der Waals surface area contributed by atoms with E-state index in [1.165, 1.54) is 0 Å². The molecule has 1 rings (SSSR count). The Morgan fingerprint density at radius 3 is 2.67 bits per heavy atom. The summed E-state index contributed by atoms with van der Waals surface area (Å²) in [6.07, 6.45) is 0.854. The van der Waals surface area contributed by atoms with Crippen molar-refractivity contribution in [1.82, 2.24) is 9.80 Å². The Kier molecular flexibility index (Phi) is 3.56. The van der Waals surface area contributed by atoms with Crippen LogP contribution in [0.4, 0.5) is 4.79 Å². The number of amides is 2. The second kappa shape index (κ2) is 4.36. The lowest BCUT2D eigenvalue weighted by Gasteiger charge is -2.38. The van der Waals surface area contributed by atoms with Gasteiger partial charge < -0.3 is 9.80 Å². The highest BCUT2D eigenvalue weighted by atomic mass is 32.2. The van der Waals surface area contributed by atoms with Gasteiger partial charge in [-0.15, -0.1) is 0 Å². The van der Waals surface area contributed by atoms with Crippen molar-refractivity contribution in [3.8, 4) is 0 Å². The van der Waals surface area contributed by atoms with Crippen LogP contribution in [0, 0.1) is 0 Å². The van der Waals surface area contributed by atoms with E-state index in [-0.39, 0.29) is 24.4 Å². The zero-order valence-corrected chi connectivity index (χ0v) is 9.83. The zero-order chi connectivity index (χ0) is 11.6. The first kappa shape index (κ1) is 12.3. The maximum atomic E-state index is 11.7. The van der Waals surface area contributed by atoms with Crippen LogP contribution < -0.4 is 5.14 Å². The highest BCUT2D eigenvalue weighted by Crippen LogP contribution is 2.13. The molecule has 0 aromatic heterocycles. The van der Waals surface area contributed by atoms with Crippen molar-refractivity contribution >= 4 is 16.1 Å². The molecule has 15 heavy (non-hydrogen) atoms. The van der Waals surface area contributed by atoms with E-state index in [2.05, 4.69) is 0 Å². The number of nitrogens with zero attached hydrogens (tertiary/aromatic N) is 2. The third-order valence-electron chi connectivity index (χ3n) is 2.60. The van der Waals surface area contributed by atoms with Gasteiger partial charge in [0.1, 0.15) is 0 Å². The molecule has 1 aliphatic rings. The Bertz CT molecular complexity index is 341. The van der Waals surface area contributed by atoms with Crippen molar-refractivity contribution in [2.45, 2.75) is 19.4 Å². The van der Waals surface area contributed by atoms with Crippen molar-refractivity contribution in [3.63, 3.8) is 0 Å². The molecule has 1 aliphatic heterocycles. The molecule has 0 aliphatic carbocycles. The lowest BCUT2D eigenvalue weighted by atomic mass is 10.1. The standard InChI is InChI=1S/C8H17N3O3S/c1-7-3-4-10(2)8(12)11(7)5-6-15(9,13)14/h7H,3-6H2,1-2H3,(H2,9,13,14)/t7-/m1/s1. The van der Waals surface area contributed by atoms with Gasteiger partial charge in [-0.25, -0.2) is 18.4 Å². The quantitative estimate of drug-likeness (QED) is 0.710. The molecule has 2 amide bonds. The topological polar surface area (TPSA) is 83.7 Å². The molecule has 1 fully saturated rings. The molecular weight excluding hydrogens is 218 g/mol. The first-order valence-electron chi connectivity index (χ1n) is 4.83. The number of hydrogen-bond acceptors (Lipinski definition) is 3. The summed E-state index contributed by atoms with van der Waals surface area (Å²) in [6, 6.07) is -0.0483. The Balaban J connectivity index is 2.62. The summed E-state index contributed by atoms with van der Waals surface area (Å²) in [5.41, 5.74) is 0. The zero-order valence-electron chi connectivity index (χ0n) is 9.01. The van der Waals surface area contributed by atoms with Crippen molar-refractivity contribution in [3.05, 3.63) is 0 Å². The van der Waals surface area contributed by atoms with E-state index >= 15 is 0 Å². The number of nitrogens with two attached hydrogens (primary N) is 1. The van der Waals surface area contributed by atoms with Crippen LogP contribution in [0.2, 0.25) is 0 Å². The second-order valence-electron chi connectivity index (χ2n) is 3.90. The van der Waals surface area contributed by atoms with Crippen LogP contribution in [0.25, 0.3) is 0 Å². The molecule has 6 nitrogen and oxygen atoms in total. The van der Waals surface area contributed by atoms with Gasteiger partial charge in [-0.05, 0) is 13.3 Å². The number of urea groups is 1. The van der Waals surface area contributed by atoms with E-state index in [0.29, 0.717) is 6.54 Å². The fourth-order valence-electron chi connectivity index (χ4n) is 1.58. The summed E-state index contributed by atoms with van der Waals surface area (Å²) in [7, 11) is -1.79. The van der Waals surface area contributed by atoms with Crippen LogP contribution in [0.5, 0.6) is 0 Å². The monoisotopic (exact) mass is 235 g/mol. The Morgan fingerprint density at radius 1 is 1.53 bits per heavy atom. The third kappa shape index (κ3) is 3.35. The Labute approximate surface area is 90.1 Å². The first-order chi connectivity index (χ1) is 6.81. The molecule has 0 spiro atoms. The van der Waals surface area contributed by atoms with Crippen LogP contribution in [0.3, 0.4) is 0 Å². The molecule has 0 saturated carbocycles. The lowest BCUT2D eigenvalue weighted by molar-refractivity contribution is 0.118. The van der Waals surface area contributed by atoms with Crippen LogP contribution in [0.15, 0.2) is 0 Å². The molecule has 0 unspecified atom stereocenters. The maximum Gasteiger partial charge on any atom is 0.320 e. The van der Waals surface area contributed by atoms with Gasteiger partial charge in [-0.2, -0.15) is 0 Å². The molecule has 0 radical (unpaired) electrons. The number of rotatable bonds is 3. The average Bonchev–Trinajstić information content (AvgIpc) is 2.10. The molecule has 1 heterocycles. The second-order valence-corrected chi connectivity index (χ2v) is 5.64. The van der Waals surface area contributed by atoms with Crippen LogP contribution >= 0.6 is 0 Å². The fraction of sp³-hybridized carbons (Fsp3) is 0.875. The van der Waals surface area contributed by atoms with Crippen molar-refractivity contribution in [2.24, 2.45) is 5.14 Å². The van der Waals surface area contributed by atoms with Crippen LogP contribution in [-0.4, -0.2) is 56.2 Å². The molecular formula is C8H17N3O3S. The predicted molar refractivity (Wildman–Crippen MR) is 56.8 cm³/mol. The molecule has 0 aromatic carbocycles. The summed E-state index contributed by atoms with van der Waals surface area (Å²) in [4.78, 5) is 14.8. The molecule has 0 aromatic rings. The van der Waals surface area contributed by atoms with E-state index in [1.54, 1.807) is 16.8 Å². The minimum atomic E-state index is -3.50. The summed E-state index contributed by atoms with van der Waals surface area (Å²) >= 11 is 0. The van der Waals surface area contributed by atoms with Crippen molar-refractivity contribution in [2.75, 3.05) is 25.9 Å². The minimum absolute atomic E-state index is 0.0791. The number of hydrogen-bond donors (Lipinski definition) is 1. The Morgan fingerprint density at radius 2 is 2.13 bits per heavy atom. The minimum Gasteiger partial charge on any atom is -0.328 e. The average molecular weight is 235 g/mol. The van der Waals surface area contributed by atoms with Gasteiger partial charge in [-0.1, -0.05) is 0 Å². The molecule has 1 atom stereocenters. The Hall–Kier alpha value is -0.820. The van der Waals surface area contributed by atoms with Gasteiger partial charge in [0.15, 0.2) is 0 Å². The lowest BCUT2D eigenvalue weighted by Crippen LogP contribution is -2.53. The van der Waals surface area contributed by atoms with Crippen molar-refractivity contribution in [1.29, 1.82) is 0 Å². The van der Waals surface area contributed by atoms with Crippen LogP contribution in [-0.2, 0) is 10.0 Å². The number of primary sulfonamides is 1. The van der Waals surface area contributed by atoms with Gasteiger partial charge in [0.25, 0.3) is 0 Å². The van der Waals surface area contributed by atoms with E-state index in [0.717, 1.165) is 6.42 Å². The molecule has 0 bridgehead atoms. The molecule has 1 saturated heterocycles. The summed E-state index contributed by atoms with van der Waals surface area (Å²) < 4.78 is 21.6. The number of sulfonamides is 1. The molecule has 7 heteroatoms. The van der Waals surface area contributed by atoms with Gasteiger partial charge >= 0.3 is 6.03 Å². The van der Waals surface area contributed by atoms with Gasteiger partial charge in [0, 0.05) is 26.2 Å². The largest absolute Gasteiger partial charge is 0.328 e. The highest BCUT2D eigenvalue weighted by molar-refractivity contribution is 7.89. The van der Waals surface area contributed by atoms with Gasteiger partial charge in [0.05, 0.1) is 5.75 Å². The summed E-state index contributed by atoms with van der Waals surface area (Å²) in [6.45, 7) is 2.79. The van der Waals surface area contributed by atoms with Gasteiger partial charge in [0.2, 0.25) is 10.0 Å². The maximum absolute atomic E-state index is 11.7. The van der Waals surface area contributed by atoms with Crippen molar-refractivity contribution < 1.29 is 13.2 Å². The normalized spacial score (nSPS) is 23.4. The molecule has 2 N–H and O–H groups in total. The number of carbonyl (C=O) groups excluding carboxylic acids is 1. The fourth-order valence-corrected chi connectivity index (χ4v) is 2.03. The smallest absolute Gasteiger partial charge is 0.320 e. The van der Waals surface area contributed by atoms with E-state index in [1.807, 2.05) is 6.92 Å². The number of carbonyl (C=O) groups is 1. The summed E-state index contributed by atoms with van der Waals surface area (Å²) in [5.74, 6) is -0.184. The SMILES string of the molecule is C[C@@H]1CCN(C)C(=O)N1CCS(N)(=O)=O. The predicted octanol–water partition coefficient (Wildman–Crippen LogP) is -0.579. The van der Waals surface area contributed by atoms with E-state index in [4.69, 9.17) is 5.14 Å². The van der Waals surface area contributed by atoms with Gasteiger partial charge in [-0.3, -0.25) is 0 Å². The van der Waals surface area contributed by atoms with E-state index in [9.17, 15) is 13.2 Å². The highest BCUT2D eigenvalue weighted by Gasteiger charge is 2.28. The van der Waals surface area contributed by atoms with Crippen LogP contribution in [0.1, 0.15) is 13.3 Å².